The van der Waals surface area contributed by atoms with Crippen LogP contribution in [0.1, 0.15) is 40.5 Å². The van der Waals surface area contributed by atoms with Crippen molar-refractivity contribution in [2.45, 2.75) is 45.3 Å². The van der Waals surface area contributed by atoms with Crippen molar-refractivity contribution in [2.24, 2.45) is 0 Å². The monoisotopic (exact) mass is 206 g/mol. The first kappa shape index (κ1) is 12.4. The summed E-state index contributed by atoms with van der Waals surface area (Å²) in [5.41, 5.74) is 0. The Hall–Kier alpha value is 0.370. The molecule has 0 aromatic carbocycles. The third-order valence-electron chi connectivity index (χ3n) is 1.17. The maximum absolute atomic E-state index is 10.9. The average Bonchev–Trinajstić information content (AvgIpc) is 1.96. The Bertz CT molecular complexity index is 138. The SMILES string of the molecule is CCC(=O)CCSSC(C)(C)C. The molecule has 3 heteroatoms. The van der Waals surface area contributed by atoms with Gasteiger partial charge in [0, 0.05) is 23.3 Å². The summed E-state index contributed by atoms with van der Waals surface area (Å²) in [4.78, 5) is 10.9. The zero-order valence-electron chi connectivity index (χ0n) is 8.35. The minimum atomic E-state index is 0.305. The van der Waals surface area contributed by atoms with Crippen molar-refractivity contribution in [1.29, 1.82) is 0 Å². The minimum absolute atomic E-state index is 0.305. The molecule has 0 saturated heterocycles. The predicted octanol–water partition coefficient (Wildman–Crippen LogP) is 3.54. The Morgan fingerprint density at radius 1 is 1.33 bits per heavy atom. The lowest BCUT2D eigenvalue weighted by Crippen LogP contribution is -2.05. The third kappa shape index (κ3) is 8.47. The molecule has 0 aliphatic carbocycles. The Morgan fingerprint density at radius 3 is 2.33 bits per heavy atom. The van der Waals surface area contributed by atoms with E-state index in [0.717, 1.165) is 12.2 Å². The van der Waals surface area contributed by atoms with Crippen LogP contribution in [0, 0.1) is 0 Å². The van der Waals surface area contributed by atoms with Gasteiger partial charge >= 0.3 is 0 Å². The molecule has 0 amide bonds. The Labute approximate surface area is 83.5 Å². The molecule has 0 aromatic heterocycles. The highest BCUT2D eigenvalue weighted by atomic mass is 33.1. The van der Waals surface area contributed by atoms with Crippen LogP contribution < -0.4 is 0 Å². The third-order valence-corrected chi connectivity index (χ3v) is 4.51. The Kier molecular flexibility index (Phi) is 6.10. The molecule has 0 spiro atoms. The van der Waals surface area contributed by atoms with E-state index in [1.54, 1.807) is 10.8 Å². The second-order valence-corrected chi connectivity index (χ2v) is 6.90. The largest absolute Gasteiger partial charge is 0.300 e. The smallest absolute Gasteiger partial charge is 0.133 e. The van der Waals surface area contributed by atoms with Crippen LogP contribution in [-0.4, -0.2) is 16.3 Å². The van der Waals surface area contributed by atoms with E-state index in [4.69, 9.17) is 0 Å². The molecule has 0 fully saturated rings. The van der Waals surface area contributed by atoms with Crippen molar-refractivity contribution in [3.63, 3.8) is 0 Å². The van der Waals surface area contributed by atoms with Gasteiger partial charge in [-0.2, -0.15) is 0 Å². The number of hydrogen-bond acceptors (Lipinski definition) is 3. The number of Topliss-reactive ketones (excluding diaryl/α,β-unsaturated/α-hetero) is 1. The van der Waals surface area contributed by atoms with Crippen LogP contribution in [0.5, 0.6) is 0 Å². The molecular formula is C9H18OS2. The van der Waals surface area contributed by atoms with Gasteiger partial charge in [-0.3, -0.25) is 4.79 Å². The van der Waals surface area contributed by atoms with Crippen LogP contribution in [-0.2, 0) is 4.79 Å². The van der Waals surface area contributed by atoms with E-state index < -0.39 is 0 Å². The molecule has 0 unspecified atom stereocenters. The van der Waals surface area contributed by atoms with E-state index in [9.17, 15) is 4.79 Å². The lowest BCUT2D eigenvalue weighted by Gasteiger charge is -2.15. The fraction of sp³-hybridized carbons (Fsp3) is 0.889. The summed E-state index contributed by atoms with van der Waals surface area (Å²) in [6.07, 6.45) is 1.41. The van der Waals surface area contributed by atoms with Gasteiger partial charge < -0.3 is 0 Å². The minimum Gasteiger partial charge on any atom is -0.300 e. The maximum atomic E-state index is 10.9. The van der Waals surface area contributed by atoms with Crippen LogP contribution in [0.15, 0.2) is 0 Å². The topological polar surface area (TPSA) is 17.1 Å². The van der Waals surface area contributed by atoms with Crippen molar-refractivity contribution in [3.8, 4) is 0 Å². The molecule has 0 radical (unpaired) electrons. The van der Waals surface area contributed by atoms with Crippen molar-refractivity contribution < 1.29 is 4.79 Å². The summed E-state index contributed by atoms with van der Waals surface area (Å²) < 4.78 is 0.305. The first-order valence-corrected chi connectivity index (χ1v) is 6.60. The standard InChI is InChI=1S/C9H18OS2/c1-5-8(10)6-7-11-12-9(2,3)4/h5-7H2,1-4H3. The first-order chi connectivity index (χ1) is 5.45. The van der Waals surface area contributed by atoms with E-state index in [2.05, 4.69) is 20.8 Å². The summed E-state index contributed by atoms with van der Waals surface area (Å²) >= 11 is 0. The van der Waals surface area contributed by atoms with Gasteiger partial charge in [0.2, 0.25) is 0 Å². The van der Waals surface area contributed by atoms with Gasteiger partial charge in [0.1, 0.15) is 5.78 Å². The number of ketones is 1. The Balaban J connectivity index is 3.28. The van der Waals surface area contributed by atoms with Gasteiger partial charge in [0.15, 0.2) is 0 Å². The van der Waals surface area contributed by atoms with Gasteiger partial charge in [-0.15, -0.1) is 0 Å². The molecule has 0 saturated carbocycles. The van der Waals surface area contributed by atoms with Crippen LogP contribution in [0.3, 0.4) is 0 Å². The lowest BCUT2D eigenvalue weighted by molar-refractivity contribution is -0.118. The van der Waals surface area contributed by atoms with Gasteiger partial charge in [-0.1, -0.05) is 49.3 Å². The molecule has 0 bridgehead atoms. The molecule has 0 aliphatic heterocycles. The van der Waals surface area contributed by atoms with E-state index in [0.29, 0.717) is 17.0 Å². The fourth-order valence-electron chi connectivity index (χ4n) is 0.551. The molecule has 0 atom stereocenters. The Morgan fingerprint density at radius 2 is 1.92 bits per heavy atom. The summed E-state index contributed by atoms with van der Waals surface area (Å²) in [5, 5.41) is 0. The maximum Gasteiger partial charge on any atom is 0.133 e. The molecule has 0 N–H and O–H groups in total. The van der Waals surface area contributed by atoms with Gasteiger partial charge in [0.25, 0.3) is 0 Å². The summed E-state index contributed by atoms with van der Waals surface area (Å²) in [6.45, 7) is 8.48. The average molecular weight is 206 g/mol. The van der Waals surface area contributed by atoms with Crippen molar-refractivity contribution in [3.05, 3.63) is 0 Å². The highest BCUT2D eigenvalue weighted by molar-refractivity contribution is 8.77. The normalized spacial score (nSPS) is 11.7. The molecule has 0 aliphatic rings. The van der Waals surface area contributed by atoms with Crippen LogP contribution in [0.4, 0.5) is 0 Å². The lowest BCUT2D eigenvalue weighted by atomic mass is 10.2. The molecule has 0 rings (SSSR count). The van der Waals surface area contributed by atoms with E-state index >= 15 is 0 Å². The van der Waals surface area contributed by atoms with Crippen LogP contribution >= 0.6 is 21.6 Å². The summed E-state index contributed by atoms with van der Waals surface area (Å²) in [6, 6.07) is 0. The second-order valence-electron chi connectivity index (χ2n) is 3.66. The molecule has 1 nitrogen and oxygen atoms in total. The molecule has 72 valence electrons. The zero-order valence-corrected chi connectivity index (χ0v) is 9.98. The number of hydrogen-bond donors (Lipinski definition) is 0. The van der Waals surface area contributed by atoms with E-state index in [1.807, 2.05) is 17.7 Å². The van der Waals surface area contributed by atoms with Gasteiger partial charge in [-0.05, 0) is 0 Å². The molecular weight excluding hydrogens is 188 g/mol. The van der Waals surface area contributed by atoms with Gasteiger partial charge in [0.05, 0.1) is 0 Å². The van der Waals surface area contributed by atoms with Crippen LogP contribution in [0.25, 0.3) is 0 Å². The van der Waals surface area contributed by atoms with E-state index in [-0.39, 0.29) is 0 Å². The second kappa shape index (κ2) is 5.92. The molecule has 0 aromatic rings. The van der Waals surface area contributed by atoms with E-state index in [1.165, 1.54) is 0 Å². The molecule has 0 heterocycles. The predicted molar refractivity (Wildman–Crippen MR) is 59.7 cm³/mol. The highest BCUT2D eigenvalue weighted by Gasteiger charge is 2.10. The quantitative estimate of drug-likeness (QED) is 0.506. The highest BCUT2D eigenvalue weighted by Crippen LogP contribution is 2.35. The van der Waals surface area contributed by atoms with Crippen molar-refractivity contribution >= 4 is 27.4 Å². The fourth-order valence-corrected chi connectivity index (χ4v) is 2.86. The zero-order chi connectivity index (χ0) is 9.61. The summed E-state index contributed by atoms with van der Waals surface area (Å²) in [7, 11) is 3.65. The first-order valence-electron chi connectivity index (χ1n) is 4.28. The number of carbonyl (C=O) groups excluding carboxylic acids is 1. The van der Waals surface area contributed by atoms with Gasteiger partial charge in [-0.25, -0.2) is 0 Å². The van der Waals surface area contributed by atoms with Crippen LogP contribution in [0.2, 0.25) is 0 Å². The van der Waals surface area contributed by atoms with Crippen molar-refractivity contribution in [1.82, 2.24) is 0 Å². The summed E-state index contributed by atoms with van der Waals surface area (Å²) in [5.74, 6) is 1.33. The number of rotatable bonds is 5. The molecule has 12 heavy (non-hydrogen) atoms. The number of carbonyl (C=O) groups is 1. The van der Waals surface area contributed by atoms with Crippen molar-refractivity contribution in [2.75, 3.05) is 5.75 Å².